The van der Waals surface area contributed by atoms with Crippen LogP contribution < -0.4 is 0 Å². The first kappa shape index (κ1) is 19.2. The molecule has 3 rings (SSSR count). The van der Waals surface area contributed by atoms with Gasteiger partial charge in [-0.25, -0.2) is 4.98 Å². The zero-order chi connectivity index (χ0) is 19.2. The monoisotopic (exact) mass is 381 g/mol. The van der Waals surface area contributed by atoms with Gasteiger partial charge < -0.3 is 9.30 Å². The summed E-state index contributed by atoms with van der Waals surface area (Å²) in [6, 6.07) is 14.2. The normalized spacial score (nSPS) is 11.0. The Morgan fingerprint density at radius 3 is 2.59 bits per heavy atom. The third-order valence-corrected chi connectivity index (χ3v) is 5.13. The van der Waals surface area contributed by atoms with E-state index in [2.05, 4.69) is 35.5 Å². The summed E-state index contributed by atoms with van der Waals surface area (Å²) in [5.74, 6) is 0.688. The molecule has 0 bridgehead atoms. The van der Waals surface area contributed by atoms with E-state index >= 15 is 0 Å². The summed E-state index contributed by atoms with van der Waals surface area (Å²) in [4.78, 5) is 21.5. The molecule has 0 atom stereocenters. The lowest BCUT2D eigenvalue weighted by atomic mass is 10.1. The molecular formula is C21H23N3O2S. The van der Waals surface area contributed by atoms with E-state index in [1.807, 2.05) is 36.5 Å². The fraction of sp³-hybridized carbons (Fsp3) is 0.286. The Morgan fingerprint density at radius 1 is 1.19 bits per heavy atom. The van der Waals surface area contributed by atoms with Crippen LogP contribution in [0.5, 0.6) is 0 Å². The number of nitrogens with zero attached hydrogens (tertiary/aromatic N) is 3. The van der Waals surface area contributed by atoms with Crippen LogP contribution in [0.4, 0.5) is 0 Å². The third kappa shape index (κ3) is 4.98. The molecule has 0 saturated carbocycles. The zero-order valence-electron chi connectivity index (χ0n) is 15.8. The minimum atomic E-state index is -0.311. The van der Waals surface area contributed by atoms with Gasteiger partial charge in [-0.3, -0.25) is 9.78 Å². The second-order valence-electron chi connectivity index (χ2n) is 6.52. The molecule has 1 aromatic carbocycles. The number of pyridine rings is 1. The maximum Gasteiger partial charge on any atom is 0.303 e. The summed E-state index contributed by atoms with van der Waals surface area (Å²) in [6.07, 6.45) is 3.61. The molecule has 3 aromatic rings. The first-order valence-electron chi connectivity index (χ1n) is 8.89. The van der Waals surface area contributed by atoms with Gasteiger partial charge in [0.05, 0.1) is 12.2 Å². The molecule has 0 N–H and O–H groups in total. The zero-order valence-corrected chi connectivity index (χ0v) is 16.6. The smallest absolute Gasteiger partial charge is 0.303 e. The standard InChI is InChI=1S/C21H23N3O2S/c1-15(2)20-21(27-18-9-5-4-6-10-18)24(13-17-8-7-11-22-12-17)19(23-20)14-26-16(3)25/h4-12,15H,13-14H2,1-3H3. The Morgan fingerprint density at radius 2 is 1.96 bits per heavy atom. The van der Waals surface area contributed by atoms with E-state index in [0.717, 1.165) is 27.0 Å². The predicted octanol–water partition coefficient (Wildman–Crippen LogP) is 4.66. The van der Waals surface area contributed by atoms with Crippen LogP contribution in [0, 0.1) is 0 Å². The summed E-state index contributed by atoms with van der Waals surface area (Å²) in [5, 5.41) is 1.07. The summed E-state index contributed by atoms with van der Waals surface area (Å²) in [7, 11) is 0. The molecular weight excluding hydrogens is 358 g/mol. The maximum atomic E-state index is 11.3. The van der Waals surface area contributed by atoms with Gasteiger partial charge in [0.2, 0.25) is 0 Å². The number of benzene rings is 1. The fourth-order valence-electron chi connectivity index (χ4n) is 2.70. The summed E-state index contributed by atoms with van der Waals surface area (Å²) >= 11 is 1.68. The first-order chi connectivity index (χ1) is 13.0. The van der Waals surface area contributed by atoms with Gasteiger partial charge >= 0.3 is 5.97 Å². The van der Waals surface area contributed by atoms with Crippen LogP contribution in [0.25, 0.3) is 0 Å². The van der Waals surface area contributed by atoms with Gasteiger partial charge in [-0.05, 0) is 29.7 Å². The van der Waals surface area contributed by atoms with E-state index in [0.29, 0.717) is 6.54 Å². The van der Waals surface area contributed by atoms with Crippen molar-refractivity contribution in [2.24, 2.45) is 0 Å². The maximum absolute atomic E-state index is 11.3. The van der Waals surface area contributed by atoms with Crippen molar-refractivity contribution in [1.29, 1.82) is 0 Å². The third-order valence-electron chi connectivity index (χ3n) is 4.00. The highest BCUT2D eigenvalue weighted by Gasteiger charge is 2.21. The van der Waals surface area contributed by atoms with Crippen molar-refractivity contribution in [2.75, 3.05) is 0 Å². The van der Waals surface area contributed by atoms with Crippen molar-refractivity contribution in [2.45, 2.75) is 49.8 Å². The molecule has 0 radical (unpaired) electrons. The Hall–Kier alpha value is -2.60. The highest BCUT2D eigenvalue weighted by molar-refractivity contribution is 7.99. The minimum Gasteiger partial charge on any atom is -0.458 e. The largest absolute Gasteiger partial charge is 0.458 e. The number of imidazole rings is 1. The van der Waals surface area contributed by atoms with E-state index < -0.39 is 0 Å². The topological polar surface area (TPSA) is 57.0 Å². The van der Waals surface area contributed by atoms with Gasteiger partial charge in [-0.2, -0.15) is 0 Å². The Labute approximate surface area is 163 Å². The van der Waals surface area contributed by atoms with Crippen molar-refractivity contribution < 1.29 is 9.53 Å². The number of hydrogen-bond acceptors (Lipinski definition) is 5. The van der Waals surface area contributed by atoms with Crippen LogP contribution in [0.3, 0.4) is 0 Å². The second kappa shape index (κ2) is 8.86. The lowest BCUT2D eigenvalue weighted by molar-refractivity contribution is -0.142. The fourth-order valence-corrected chi connectivity index (χ4v) is 3.88. The molecule has 2 heterocycles. The molecule has 0 spiro atoms. The van der Waals surface area contributed by atoms with Crippen molar-refractivity contribution >= 4 is 17.7 Å². The second-order valence-corrected chi connectivity index (χ2v) is 7.58. The number of carbonyl (C=O) groups is 1. The molecule has 0 unspecified atom stereocenters. The van der Waals surface area contributed by atoms with E-state index in [9.17, 15) is 4.79 Å². The van der Waals surface area contributed by atoms with Gasteiger partial charge in [-0.15, -0.1) is 0 Å². The number of ether oxygens (including phenoxy) is 1. The molecule has 0 aliphatic carbocycles. The quantitative estimate of drug-likeness (QED) is 0.557. The van der Waals surface area contributed by atoms with E-state index in [1.54, 1.807) is 18.0 Å². The summed E-state index contributed by atoms with van der Waals surface area (Å²) in [6.45, 7) is 6.45. The molecule has 5 nitrogen and oxygen atoms in total. The Bertz CT molecular complexity index is 893. The predicted molar refractivity (Wildman–Crippen MR) is 106 cm³/mol. The summed E-state index contributed by atoms with van der Waals surface area (Å²) in [5.41, 5.74) is 2.08. The van der Waals surface area contributed by atoms with Crippen LogP contribution in [0.1, 0.15) is 43.8 Å². The van der Waals surface area contributed by atoms with E-state index in [4.69, 9.17) is 9.72 Å². The average molecular weight is 382 g/mol. The van der Waals surface area contributed by atoms with Gasteiger partial charge in [0.15, 0.2) is 0 Å². The van der Waals surface area contributed by atoms with E-state index in [-0.39, 0.29) is 18.5 Å². The molecule has 2 aromatic heterocycles. The van der Waals surface area contributed by atoms with Gasteiger partial charge in [0.25, 0.3) is 0 Å². The SMILES string of the molecule is CC(=O)OCc1nc(C(C)C)c(Sc2ccccc2)n1Cc1cccnc1. The van der Waals surface area contributed by atoms with Crippen molar-refractivity contribution in [3.63, 3.8) is 0 Å². The first-order valence-corrected chi connectivity index (χ1v) is 9.70. The lowest BCUT2D eigenvalue weighted by Crippen LogP contribution is -2.10. The molecule has 0 aliphatic heterocycles. The number of esters is 1. The summed E-state index contributed by atoms with van der Waals surface area (Å²) < 4.78 is 7.39. The number of hydrogen-bond donors (Lipinski definition) is 0. The van der Waals surface area contributed by atoms with E-state index in [1.165, 1.54) is 6.92 Å². The molecule has 6 heteroatoms. The molecule has 0 fully saturated rings. The van der Waals surface area contributed by atoms with Crippen molar-refractivity contribution in [3.05, 3.63) is 71.9 Å². The number of rotatable bonds is 7. The van der Waals surface area contributed by atoms with Gasteiger partial charge in [-0.1, -0.05) is 49.9 Å². The van der Waals surface area contributed by atoms with Crippen LogP contribution >= 0.6 is 11.8 Å². The van der Waals surface area contributed by atoms with Crippen LogP contribution in [-0.4, -0.2) is 20.5 Å². The number of carbonyl (C=O) groups excluding carboxylic acids is 1. The molecule has 0 aliphatic rings. The van der Waals surface area contributed by atoms with Crippen molar-refractivity contribution in [3.8, 4) is 0 Å². The highest BCUT2D eigenvalue weighted by Crippen LogP contribution is 2.35. The van der Waals surface area contributed by atoms with Gasteiger partial charge in [0.1, 0.15) is 17.5 Å². The lowest BCUT2D eigenvalue weighted by Gasteiger charge is -2.13. The average Bonchev–Trinajstić information content (AvgIpc) is 2.99. The highest BCUT2D eigenvalue weighted by atomic mass is 32.2. The van der Waals surface area contributed by atoms with Crippen LogP contribution in [0.2, 0.25) is 0 Å². The van der Waals surface area contributed by atoms with Crippen LogP contribution in [0.15, 0.2) is 64.8 Å². The molecule has 0 saturated heterocycles. The Kier molecular flexibility index (Phi) is 6.29. The van der Waals surface area contributed by atoms with Gasteiger partial charge in [0, 0.05) is 24.2 Å². The molecule has 140 valence electrons. The molecule has 0 amide bonds. The van der Waals surface area contributed by atoms with Crippen LogP contribution in [-0.2, 0) is 22.7 Å². The Balaban J connectivity index is 2.04. The van der Waals surface area contributed by atoms with Crippen molar-refractivity contribution in [1.82, 2.24) is 14.5 Å². The molecule has 27 heavy (non-hydrogen) atoms. The minimum absolute atomic E-state index is 0.157. The number of aromatic nitrogens is 3.